The van der Waals surface area contributed by atoms with Gasteiger partial charge in [0.2, 0.25) is 0 Å². The van der Waals surface area contributed by atoms with Crippen LogP contribution in [0.5, 0.6) is 0 Å². The number of hydrogen-bond donors (Lipinski definition) is 0. The quantitative estimate of drug-likeness (QED) is 0.451. The summed E-state index contributed by atoms with van der Waals surface area (Å²) >= 11 is 3.60. The summed E-state index contributed by atoms with van der Waals surface area (Å²) in [7, 11) is 0. The molecule has 3 nitrogen and oxygen atoms in total. The zero-order chi connectivity index (χ0) is 11.4. The predicted octanol–water partition coefficient (Wildman–Crippen LogP) is 4.46. The van der Waals surface area contributed by atoms with Crippen LogP contribution in [0.25, 0.3) is 21.2 Å². The molecule has 0 atom stereocenters. The maximum Gasteiger partial charge on any atom is 0.0298 e. The van der Waals surface area contributed by atoms with Gasteiger partial charge in [-0.2, -0.15) is 0 Å². The van der Waals surface area contributed by atoms with Crippen LogP contribution in [0.4, 0.5) is 0 Å². The summed E-state index contributed by atoms with van der Waals surface area (Å²) in [6, 6.07) is 12.4. The van der Waals surface area contributed by atoms with E-state index in [4.69, 9.17) is 5.53 Å². The van der Waals surface area contributed by atoms with Gasteiger partial charge in [0.05, 0.1) is 0 Å². The van der Waals surface area contributed by atoms with E-state index in [1.165, 1.54) is 16.3 Å². The number of nitrogens with zero attached hydrogens (tertiary/aromatic N) is 3. The Morgan fingerprint density at radius 2 is 2.00 bits per heavy atom. The fraction of sp³-hybridized carbons (Fsp3) is 0.167. The van der Waals surface area contributed by atoms with E-state index in [-0.39, 0.29) is 0 Å². The molecule has 0 aliphatic rings. The third-order valence-electron chi connectivity index (χ3n) is 2.49. The first-order chi connectivity index (χ1) is 7.83. The van der Waals surface area contributed by atoms with Crippen LogP contribution < -0.4 is 0 Å². The van der Waals surface area contributed by atoms with E-state index in [0.717, 1.165) is 10.9 Å². The molecule has 0 unspecified atom stereocenters. The molecule has 0 spiro atoms. The molecule has 4 heteroatoms. The molecule has 0 fully saturated rings. The molecule has 0 saturated heterocycles. The average molecular weight is 276 g/mol. The topological polar surface area (TPSA) is 48.8 Å². The summed E-state index contributed by atoms with van der Waals surface area (Å²) in [4.78, 5) is 2.75. The first-order valence-corrected chi connectivity index (χ1v) is 5.79. The predicted molar refractivity (Wildman–Crippen MR) is 69.4 cm³/mol. The lowest BCUT2D eigenvalue weighted by atomic mass is 10.1. The van der Waals surface area contributed by atoms with E-state index in [1.54, 1.807) is 0 Å². The van der Waals surface area contributed by atoms with Gasteiger partial charge in [0.1, 0.15) is 0 Å². The molecule has 0 heterocycles. The van der Waals surface area contributed by atoms with Crippen molar-refractivity contribution in [3.8, 4) is 0 Å². The highest BCUT2D eigenvalue weighted by atomic mass is 79.9. The van der Waals surface area contributed by atoms with Crippen LogP contribution >= 0.6 is 15.9 Å². The normalized spacial score (nSPS) is 10.1. The molecule has 0 bridgehead atoms. The van der Waals surface area contributed by atoms with Crippen molar-refractivity contribution in [3.05, 3.63) is 56.9 Å². The molecular formula is C12H10BrN3. The fourth-order valence-electron chi connectivity index (χ4n) is 1.69. The highest BCUT2D eigenvalue weighted by molar-refractivity contribution is 9.10. The third kappa shape index (κ3) is 2.18. The van der Waals surface area contributed by atoms with E-state index in [1.807, 2.05) is 12.1 Å². The van der Waals surface area contributed by atoms with Gasteiger partial charge < -0.3 is 0 Å². The highest BCUT2D eigenvalue weighted by Crippen LogP contribution is 2.27. The zero-order valence-corrected chi connectivity index (χ0v) is 10.2. The molecule has 16 heavy (non-hydrogen) atoms. The Bertz CT molecular complexity index is 559. The lowest BCUT2D eigenvalue weighted by molar-refractivity contribution is 0.954. The van der Waals surface area contributed by atoms with E-state index in [2.05, 4.69) is 50.2 Å². The van der Waals surface area contributed by atoms with Crippen molar-refractivity contribution in [2.75, 3.05) is 6.54 Å². The second kappa shape index (κ2) is 5.01. The Morgan fingerprint density at radius 3 is 2.81 bits per heavy atom. The van der Waals surface area contributed by atoms with Gasteiger partial charge in [0.15, 0.2) is 0 Å². The molecule has 0 N–H and O–H groups in total. The Balaban J connectivity index is 2.40. The van der Waals surface area contributed by atoms with Crippen molar-refractivity contribution in [3.63, 3.8) is 0 Å². The van der Waals surface area contributed by atoms with Crippen molar-refractivity contribution < 1.29 is 0 Å². The number of rotatable bonds is 3. The van der Waals surface area contributed by atoms with Crippen LogP contribution in [0.3, 0.4) is 0 Å². The molecule has 0 aromatic heterocycles. The maximum atomic E-state index is 8.23. The second-order valence-electron chi connectivity index (χ2n) is 3.46. The van der Waals surface area contributed by atoms with Gasteiger partial charge in [-0.15, -0.1) is 0 Å². The minimum Gasteiger partial charge on any atom is -0.0936 e. The second-order valence-corrected chi connectivity index (χ2v) is 4.26. The van der Waals surface area contributed by atoms with Crippen LogP contribution in [0, 0.1) is 0 Å². The van der Waals surface area contributed by atoms with Crippen molar-refractivity contribution in [1.82, 2.24) is 0 Å². The summed E-state index contributed by atoms with van der Waals surface area (Å²) in [5, 5.41) is 5.95. The van der Waals surface area contributed by atoms with Gasteiger partial charge in [-0.05, 0) is 44.2 Å². The number of fused-ring (bicyclic) bond motifs is 1. The first kappa shape index (κ1) is 11.0. The smallest absolute Gasteiger partial charge is 0.0298 e. The summed E-state index contributed by atoms with van der Waals surface area (Å²) < 4.78 is 1.10. The van der Waals surface area contributed by atoms with Crippen LogP contribution in [0.1, 0.15) is 5.56 Å². The molecule has 80 valence electrons. The summed E-state index contributed by atoms with van der Waals surface area (Å²) in [5.74, 6) is 0. The van der Waals surface area contributed by atoms with Crippen LogP contribution in [0.15, 0.2) is 46.0 Å². The van der Waals surface area contributed by atoms with Crippen molar-refractivity contribution >= 4 is 26.7 Å². The SMILES string of the molecule is [N-]=[N+]=NCCc1ccc2ccccc2c1Br. The molecule has 0 aliphatic heterocycles. The molecule has 2 rings (SSSR count). The standard InChI is InChI=1S/C12H10BrN3/c13-12-10(7-8-15-16-14)6-5-9-3-1-2-4-11(9)12/h1-6H,7-8H2. The molecule has 2 aromatic rings. The molecular weight excluding hydrogens is 266 g/mol. The van der Waals surface area contributed by atoms with E-state index < -0.39 is 0 Å². The van der Waals surface area contributed by atoms with Crippen LogP contribution in [0.2, 0.25) is 0 Å². The van der Waals surface area contributed by atoms with Crippen molar-refractivity contribution in [2.45, 2.75) is 6.42 Å². The summed E-state index contributed by atoms with van der Waals surface area (Å²) in [6.07, 6.45) is 0.759. The number of benzene rings is 2. The van der Waals surface area contributed by atoms with Crippen molar-refractivity contribution in [1.29, 1.82) is 0 Å². The Hall–Kier alpha value is -1.51. The monoisotopic (exact) mass is 275 g/mol. The molecule has 0 radical (unpaired) electrons. The number of hydrogen-bond acceptors (Lipinski definition) is 1. The molecule has 0 amide bonds. The number of halogens is 1. The highest BCUT2D eigenvalue weighted by Gasteiger charge is 2.03. The largest absolute Gasteiger partial charge is 0.0936 e. The third-order valence-corrected chi connectivity index (χ3v) is 3.42. The minimum atomic E-state index is 0.493. The van der Waals surface area contributed by atoms with Crippen LogP contribution in [-0.2, 0) is 6.42 Å². The molecule has 2 aromatic carbocycles. The van der Waals surface area contributed by atoms with E-state index in [9.17, 15) is 0 Å². The Morgan fingerprint density at radius 1 is 1.19 bits per heavy atom. The fourth-order valence-corrected chi connectivity index (χ4v) is 2.38. The van der Waals surface area contributed by atoms with Gasteiger partial charge in [0, 0.05) is 15.9 Å². The number of azide groups is 1. The Labute approximate surface area is 102 Å². The summed E-state index contributed by atoms with van der Waals surface area (Å²) in [6.45, 7) is 0.493. The van der Waals surface area contributed by atoms with Crippen LogP contribution in [-0.4, -0.2) is 6.54 Å². The van der Waals surface area contributed by atoms with Gasteiger partial charge >= 0.3 is 0 Å². The van der Waals surface area contributed by atoms with E-state index in [0.29, 0.717) is 6.54 Å². The lowest BCUT2D eigenvalue weighted by Crippen LogP contribution is -1.90. The lowest BCUT2D eigenvalue weighted by Gasteiger charge is -2.06. The van der Waals surface area contributed by atoms with E-state index >= 15 is 0 Å². The van der Waals surface area contributed by atoms with Gasteiger partial charge in [-0.25, -0.2) is 0 Å². The maximum absolute atomic E-state index is 8.23. The van der Waals surface area contributed by atoms with Crippen molar-refractivity contribution in [2.24, 2.45) is 5.11 Å². The van der Waals surface area contributed by atoms with Gasteiger partial charge in [-0.3, -0.25) is 0 Å². The minimum absolute atomic E-state index is 0.493. The zero-order valence-electron chi connectivity index (χ0n) is 8.60. The first-order valence-electron chi connectivity index (χ1n) is 5.00. The van der Waals surface area contributed by atoms with Gasteiger partial charge in [0.25, 0.3) is 0 Å². The average Bonchev–Trinajstić information content (AvgIpc) is 2.33. The molecule has 0 aliphatic carbocycles. The molecule has 0 saturated carbocycles. The van der Waals surface area contributed by atoms with Gasteiger partial charge in [-0.1, -0.05) is 41.5 Å². The summed E-state index contributed by atoms with van der Waals surface area (Å²) in [5.41, 5.74) is 9.40. The Kier molecular flexibility index (Phi) is 3.44.